The van der Waals surface area contributed by atoms with E-state index in [0.29, 0.717) is 12.5 Å². The Kier molecular flexibility index (Phi) is 4.88. The van der Waals surface area contributed by atoms with Gasteiger partial charge in [0, 0.05) is 39.1 Å². The summed E-state index contributed by atoms with van der Waals surface area (Å²) in [6.07, 6.45) is 4.13. The van der Waals surface area contributed by atoms with Crippen LogP contribution < -0.4 is 10.6 Å². The van der Waals surface area contributed by atoms with E-state index in [2.05, 4.69) is 39.9 Å². The molecule has 2 N–H and O–H groups in total. The van der Waals surface area contributed by atoms with Crippen molar-refractivity contribution < 1.29 is 4.79 Å². The minimum Gasteiger partial charge on any atom is -0.356 e. The highest BCUT2D eigenvalue weighted by molar-refractivity contribution is 5.80. The number of carbonyl (C=O) groups is 1. The number of nitrogens with one attached hydrogen (secondary N) is 2. The van der Waals surface area contributed by atoms with Gasteiger partial charge in [-0.25, -0.2) is 0 Å². The largest absolute Gasteiger partial charge is 0.356 e. The lowest BCUT2D eigenvalue weighted by atomic mass is 9.92. The molecule has 1 aromatic rings. The van der Waals surface area contributed by atoms with Gasteiger partial charge >= 0.3 is 0 Å². The molecule has 3 aliphatic rings. The molecule has 1 saturated carbocycles. The molecule has 140 valence electrons. The van der Waals surface area contributed by atoms with E-state index in [4.69, 9.17) is 0 Å². The lowest BCUT2D eigenvalue weighted by Crippen LogP contribution is -2.45. The van der Waals surface area contributed by atoms with Crippen molar-refractivity contribution in [2.75, 3.05) is 26.7 Å². The molecular formula is C21H30N4O. The molecular weight excluding hydrogens is 324 g/mol. The molecule has 2 fully saturated rings. The number of hydrogen-bond donors (Lipinski definition) is 2. The number of carbonyl (C=O) groups excluding carboxylic acids is 1. The first-order valence-corrected chi connectivity index (χ1v) is 10.0. The predicted octanol–water partition coefficient (Wildman–Crippen LogP) is 2.14. The maximum absolute atomic E-state index is 11.8. The Morgan fingerprint density at radius 1 is 1.31 bits per heavy atom. The van der Waals surface area contributed by atoms with E-state index in [9.17, 15) is 4.79 Å². The summed E-state index contributed by atoms with van der Waals surface area (Å²) in [5, 5.41) is 7.04. The topological polar surface area (TPSA) is 56.7 Å². The van der Waals surface area contributed by atoms with Gasteiger partial charge in [0.15, 0.2) is 5.96 Å². The van der Waals surface area contributed by atoms with Crippen LogP contribution in [0.5, 0.6) is 0 Å². The Morgan fingerprint density at radius 2 is 2.15 bits per heavy atom. The Bertz CT molecular complexity index is 701. The summed E-state index contributed by atoms with van der Waals surface area (Å²) < 4.78 is 0. The SMILES string of the molecule is CCC(=O)N1CCC(NC(=NC)NCC2C3CCc4ccccc4C32)C1. The van der Waals surface area contributed by atoms with Crippen LogP contribution in [0.25, 0.3) is 0 Å². The number of benzene rings is 1. The second-order valence-electron chi connectivity index (χ2n) is 7.87. The van der Waals surface area contributed by atoms with Crippen molar-refractivity contribution >= 4 is 11.9 Å². The van der Waals surface area contributed by atoms with Gasteiger partial charge in [0.05, 0.1) is 0 Å². The molecule has 1 aromatic carbocycles. The molecule has 1 saturated heterocycles. The predicted molar refractivity (Wildman–Crippen MR) is 104 cm³/mol. The van der Waals surface area contributed by atoms with Crippen LogP contribution in [0.1, 0.15) is 43.2 Å². The molecule has 2 aliphatic carbocycles. The number of aliphatic imine (C=N–C) groups is 1. The summed E-state index contributed by atoms with van der Waals surface area (Å²) >= 11 is 0. The van der Waals surface area contributed by atoms with Crippen LogP contribution in [-0.4, -0.2) is 49.5 Å². The molecule has 5 nitrogen and oxygen atoms in total. The van der Waals surface area contributed by atoms with Gasteiger partial charge in [-0.05, 0) is 48.1 Å². The Morgan fingerprint density at radius 3 is 2.96 bits per heavy atom. The maximum Gasteiger partial charge on any atom is 0.222 e. The number of guanidine groups is 1. The minimum atomic E-state index is 0.248. The number of likely N-dealkylation sites (tertiary alicyclic amines) is 1. The summed E-state index contributed by atoms with van der Waals surface area (Å²) in [6.45, 7) is 4.55. The van der Waals surface area contributed by atoms with Crippen LogP contribution >= 0.6 is 0 Å². The molecule has 5 heteroatoms. The number of rotatable bonds is 4. The van der Waals surface area contributed by atoms with E-state index in [1.54, 1.807) is 11.1 Å². The van der Waals surface area contributed by atoms with E-state index in [0.717, 1.165) is 49.8 Å². The third-order valence-electron chi connectivity index (χ3n) is 6.41. The van der Waals surface area contributed by atoms with Gasteiger partial charge in [0.2, 0.25) is 5.91 Å². The lowest BCUT2D eigenvalue weighted by Gasteiger charge is -2.18. The number of hydrogen-bond acceptors (Lipinski definition) is 2. The third-order valence-corrected chi connectivity index (χ3v) is 6.41. The van der Waals surface area contributed by atoms with E-state index < -0.39 is 0 Å². The van der Waals surface area contributed by atoms with Gasteiger partial charge in [-0.15, -0.1) is 0 Å². The zero-order valence-electron chi connectivity index (χ0n) is 15.9. The summed E-state index contributed by atoms with van der Waals surface area (Å²) in [5.41, 5.74) is 3.12. The van der Waals surface area contributed by atoms with Crippen LogP contribution in [0, 0.1) is 11.8 Å². The van der Waals surface area contributed by atoms with Crippen molar-refractivity contribution in [1.29, 1.82) is 0 Å². The van der Waals surface area contributed by atoms with E-state index >= 15 is 0 Å². The maximum atomic E-state index is 11.8. The van der Waals surface area contributed by atoms with Crippen LogP contribution in [0.15, 0.2) is 29.3 Å². The molecule has 1 aliphatic heterocycles. The van der Waals surface area contributed by atoms with Gasteiger partial charge in [-0.1, -0.05) is 31.2 Å². The molecule has 4 unspecified atom stereocenters. The van der Waals surface area contributed by atoms with Crippen molar-refractivity contribution in [2.24, 2.45) is 16.8 Å². The zero-order valence-corrected chi connectivity index (χ0v) is 15.9. The molecule has 1 heterocycles. The van der Waals surface area contributed by atoms with Crippen molar-refractivity contribution in [3.63, 3.8) is 0 Å². The van der Waals surface area contributed by atoms with Gasteiger partial charge in [-0.2, -0.15) is 0 Å². The van der Waals surface area contributed by atoms with Gasteiger partial charge < -0.3 is 15.5 Å². The number of amides is 1. The normalized spacial score (nSPS) is 29.8. The van der Waals surface area contributed by atoms with Crippen LogP contribution in [0.2, 0.25) is 0 Å². The molecule has 0 bridgehead atoms. The third kappa shape index (κ3) is 3.31. The second kappa shape index (κ2) is 7.29. The Labute approximate surface area is 156 Å². The van der Waals surface area contributed by atoms with E-state index in [-0.39, 0.29) is 5.91 Å². The lowest BCUT2D eigenvalue weighted by molar-refractivity contribution is -0.129. The second-order valence-corrected chi connectivity index (χ2v) is 7.87. The minimum absolute atomic E-state index is 0.248. The first-order valence-electron chi connectivity index (χ1n) is 10.0. The molecule has 26 heavy (non-hydrogen) atoms. The monoisotopic (exact) mass is 354 g/mol. The van der Waals surface area contributed by atoms with E-state index in [1.165, 1.54) is 12.8 Å². The highest BCUT2D eigenvalue weighted by atomic mass is 16.2. The highest BCUT2D eigenvalue weighted by Gasteiger charge is 2.52. The number of aryl methyl sites for hydroxylation is 1. The standard InChI is InChI=1S/C21H30N4O/c1-3-19(26)25-11-10-15(13-25)24-21(22-2)23-12-18-17-9-8-14-6-4-5-7-16(14)20(17)18/h4-7,15,17-18,20H,3,8-13H2,1-2H3,(H2,22,23,24). The Hall–Kier alpha value is -2.04. The Balaban J connectivity index is 1.28. The molecule has 4 rings (SSSR count). The molecule has 0 aromatic heterocycles. The zero-order chi connectivity index (χ0) is 18.1. The van der Waals surface area contributed by atoms with E-state index in [1.807, 2.05) is 18.9 Å². The summed E-state index contributed by atoms with van der Waals surface area (Å²) in [7, 11) is 1.83. The fourth-order valence-electron chi connectivity index (χ4n) is 4.92. The first-order chi connectivity index (χ1) is 12.7. The average Bonchev–Trinajstić information content (AvgIpc) is 3.21. The van der Waals surface area contributed by atoms with Crippen LogP contribution in [0.3, 0.4) is 0 Å². The summed E-state index contributed by atoms with van der Waals surface area (Å²) in [5.74, 6) is 3.41. The summed E-state index contributed by atoms with van der Waals surface area (Å²) in [4.78, 5) is 18.2. The first kappa shape index (κ1) is 17.4. The summed E-state index contributed by atoms with van der Waals surface area (Å²) in [6, 6.07) is 9.25. The average molecular weight is 354 g/mol. The van der Waals surface area contributed by atoms with Crippen molar-refractivity contribution in [1.82, 2.24) is 15.5 Å². The molecule has 4 atom stereocenters. The molecule has 0 radical (unpaired) electrons. The van der Waals surface area contributed by atoms with Crippen LogP contribution in [0.4, 0.5) is 0 Å². The molecule has 1 amide bonds. The fourth-order valence-corrected chi connectivity index (χ4v) is 4.92. The van der Waals surface area contributed by atoms with Crippen LogP contribution in [-0.2, 0) is 11.2 Å². The van der Waals surface area contributed by atoms with Gasteiger partial charge in [0.25, 0.3) is 0 Å². The smallest absolute Gasteiger partial charge is 0.222 e. The van der Waals surface area contributed by atoms with Crippen molar-refractivity contribution in [2.45, 2.75) is 44.6 Å². The fraction of sp³-hybridized carbons (Fsp3) is 0.619. The number of nitrogens with zero attached hydrogens (tertiary/aromatic N) is 2. The van der Waals surface area contributed by atoms with Crippen molar-refractivity contribution in [3.05, 3.63) is 35.4 Å². The quantitative estimate of drug-likeness (QED) is 0.643. The van der Waals surface area contributed by atoms with Gasteiger partial charge in [-0.3, -0.25) is 9.79 Å². The molecule has 0 spiro atoms. The van der Waals surface area contributed by atoms with Crippen molar-refractivity contribution in [3.8, 4) is 0 Å². The number of fused-ring (bicyclic) bond motifs is 3. The highest BCUT2D eigenvalue weighted by Crippen LogP contribution is 2.59. The van der Waals surface area contributed by atoms with Gasteiger partial charge in [0.1, 0.15) is 0 Å².